The van der Waals surface area contributed by atoms with Crippen molar-refractivity contribution in [3.8, 4) is 0 Å². The van der Waals surface area contributed by atoms with Crippen LogP contribution in [-0.4, -0.2) is 17.0 Å². The van der Waals surface area contributed by atoms with Gasteiger partial charge in [-0.25, -0.2) is 0 Å². The third-order valence-electron chi connectivity index (χ3n) is 2.20. The third-order valence-corrected chi connectivity index (χ3v) is 2.69. The molecule has 5 nitrogen and oxygen atoms in total. The summed E-state index contributed by atoms with van der Waals surface area (Å²) < 4.78 is 0.951. The molecule has 1 aromatic rings. The first-order valence-corrected chi connectivity index (χ1v) is 5.83. The van der Waals surface area contributed by atoms with Crippen LogP contribution < -0.4 is 11.1 Å². The Morgan fingerprint density at radius 3 is 2.94 bits per heavy atom. The van der Waals surface area contributed by atoms with Crippen LogP contribution in [0.2, 0.25) is 0 Å². The van der Waals surface area contributed by atoms with Gasteiger partial charge in [-0.15, -0.1) is 0 Å². The highest BCUT2D eigenvalue weighted by molar-refractivity contribution is 9.10. The molecule has 0 spiro atoms. The number of hydrogen-bond acceptors (Lipinski definition) is 3. The topological polar surface area (TPSA) is 87.7 Å². The van der Waals surface area contributed by atoms with E-state index in [2.05, 4.69) is 26.4 Å². The molecule has 1 unspecified atom stereocenters. The van der Waals surface area contributed by atoms with Crippen molar-refractivity contribution in [2.45, 2.75) is 19.4 Å². The average molecular weight is 300 g/mol. The van der Waals surface area contributed by atoms with Crippen LogP contribution in [-0.2, 0) is 4.79 Å². The normalized spacial score (nSPS) is 13.2. The minimum atomic E-state index is -0.284. The minimum Gasteiger partial charge on any atom is -0.409 e. The first kappa shape index (κ1) is 13.5. The van der Waals surface area contributed by atoms with Gasteiger partial charge in [-0.3, -0.25) is 4.79 Å². The summed E-state index contributed by atoms with van der Waals surface area (Å²) in [7, 11) is 0. The molecule has 0 aliphatic heterocycles. The van der Waals surface area contributed by atoms with Gasteiger partial charge in [0.2, 0.25) is 5.91 Å². The number of hydrogen-bond donors (Lipinski definition) is 3. The number of nitrogens with zero attached hydrogens (tertiary/aromatic N) is 1. The van der Waals surface area contributed by atoms with Gasteiger partial charge in [0.1, 0.15) is 5.84 Å². The van der Waals surface area contributed by atoms with Gasteiger partial charge in [0.05, 0.1) is 12.5 Å². The summed E-state index contributed by atoms with van der Waals surface area (Å²) in [5, 5.41) is 13.9. The predicted molar refractivity (Wildman–Crippen MR) is 68.7 cm³/mol. The summed E-state index contributed by atoms with van der Waals surface area (Å²) >= 11 is 3.36. The molecule has 4 N–H and O–H groups in total. The van der Waals surface area contributed by atoms with Gasteiger partial charge in [-0.2, -0.15) is 0 Å². The SMILES string of the molecule is CC(NC(=O)CC(N)=NO)c1cccc(Br)c1. The van der Waals surface area contributed by atoms with E-state index >= 15 is 0 Å². The van der Waals surface area contributed by atoms with Gasteiger partial charge in [-0.1, -0.05) is 33.2 Å². The molecule has 0 aromatic heterocycles. The number of nitrogens with two attached hydrogens (primary N) is 1. The summed E-state index contributed by atoms with van der Waals surface area (Å²) in [5.41, 5.74) is 6.22. The molecule has 6 heteroatoms. The number of amidine groups is 1. The van der Waals surface area contributed by atoms with E-state index in [-0.39, 0.29) is 24.2 Å². The second-order valence-corrected chi connectivity index (χ2v) is 4.53. The fourth-order valence-electron chi connectivity index (χ4n) is 1.35. The zero-order valence-corrected chi connectivity index (χ0v) is 10.9. The van der Waals surface area contributed by atoms with Crippen LogP contribution in [0, 0.1) is 0 Å². The Labute approximate surface area is 108 Å². The van der Waals surface area contributed by atoms with Crippen LogP contribution in [0.4, 0.5) is 0 Å². The maximum atomic E-state index is 11.5. The molecule has 17 heavy (non-hydrogen) atoms. The van der Waals surface area contributed by atoms with Crippen molar-refractivity contribution in [3.05, 3.63) is 34.3 Å². The highest BCUT2D eigenvalue weighted by atomic mass is 79.9. The first-order valence-electron chi connectivity index (χ1n) is 5.04. The molecule has 0 radical (unpaired) electrons. The molecule has 1 atom stereocenters. The Bertz CT molecular complexity index is 434. The zero-order chi connectivity index (χ0) is 12.8. The van der Waals surface area contributed by atoms with Crippen molar-refractivity contribution in [2.24, 2.45) is 10.9 Å². The minimum absolute atomic E-state index is 0.107. The number of halogens is 1. The summed E-state index contributed by atoms with van der Waals surface area (Å²) in [4.78, 5) is 11.5. The second kappa shape index (κ2) is 6.24. The van der Waals surface area contributed by atoms with E-state index < -0.39 is 0 Å². The number of nitrogens with one attached hydrogen (secondary N) is 1. The summed E-state index contributed by atoms with van der Waals surface area (Å²) in [6, 6.07) is 7.51. The number of carbonyl (C=O) groups excluding carboxylic acids is 1. The summed E-state index contributed by atoms with van der Waals surface area (Å²) in [5.74, 6) is -0.392. The second-order valence-electron chi connectivity index (χ2n) is 3.61. The molecule has 0 saturated heterocycles. The lowest BCUT2D eigenvalue weighted by Gasteiger charge is -2.14. The lowest BCUT2D eigenvalue weighted by atomic mass is 10.1. The smallest absolute Gasteiger partial charge is 0.228 e. The van der Waals surface area contributed by atoms with E-state index in [9.17, 15) is 4.79 Å². The number of rotatable bonds is 4. The van der Waals surface area contributed by atoms with E-state index in [0.29, 0.717) is 0 Å². The molecule has 0 heterocycles. The number of oxime groups is 1. The largest absolute Gasteiger partial charge is 0.409 e. The fourth-order valence-corrected chi connectivity index (χ4v) is 1.77. The summed E-state index contributed by atoms with van der Waals surface area (Å²) in [6.45, 7) is 1.87. The van der Waals surface area contributed by atoms with Gasteiger partial charge in [0.15, 0.2) is 0 Å². The molecule has 1 aromatic carbocycles. The molecule has 0 bridgehead atoms. The number of carbonyl (C=O) groups is 1. The van der Waals surface area contributed by atoms with Gasteiger partial charge in [0, 0.05) is 4.47 Å². The number of amides is 1. The molecular formula is C11H14BrN3O2. The predicted octanol–water partition coefficient (Wildman–Crippen LogP) is 1.76. The molecule has 0 aliphatic rings. The molecule has 1 rings (SSSR count). The Hall–Kier alpha value is -1.56. The van der Waals surface area contributed by atoms with Crippen molar-refractivity contribution in [3.63, 3.8) is 0 Å². The van der Waals surface area contributed by atoms with Crippen molar-refractivity contribution >= 4 is 27.7 Å². The molecular weight excluding hydrogens is 286 g/mol. The van der Waals surface area contributed by atoms with Gasteiger partial charge < -0.3 is 16.3 Å². The molecule has 1 amide bonds. The third kappa shape index (κ3) is 4.44. The van der Waals surface area contributed by atoms with Gasteiger partial charge in [-0.05, 0) is 24.6 Å². The van der Waals surface area contributed by atoms with Crippen LogP contribution in [0.25, 0.3) is 0 Å². The molecule has 92 valence electrons. The van der Waals surface area contributed by atoms with Crippen LogP contribution in [0.1, 0.15) is 24.9 Å². The van der Waals surface area contributed by atoms with E-state index in [1.807, 2.05) is 31.2 Å². The molecule has 0 fully saturated rings. The standard InChI is InChI=1S/C11H14BrN3O2/c1-7(8-3-2-4-9(12)5-8)14-11(16)6-10(13)15-17/h2-5,7,17H,6H2,1H3,(H2,13,15)(H,14,16). The van der Waals surface area contributed by atoms with Crippen LogP contribution in [0.5, 0.6) is 0 Å². The fraction of sp³-hybridized carbons (Fsp3) is 0.273. The van der Waals surface area contributed by atoms with Crippen LogP contribution in [0.3, 0.4) is 0 Å². The van der Waals surface area contributed by atoms with Gasteiger partial charge in [0.25, 0.3) is 0 Å². The maximum absolute atomic E-state index is 11.5. The van der Waals surface area contributed by atoms with Crippen LogP contribution >= 0.6 is 15.9 Å². The monoisotopic (exact) mass is 299 g/mol. The molecule has 0 saturated carbocycles. The van der Waals surface area contributed by atoms with E-state index in [1.54, 1.807) is 0 Å². The summed E-state index contributed by atoms with van der Waals surface area (Å²) in [6.07, 6.45) is -0.116. The Kier molecular flexibility index (Phi) is 4.96. The van der Waals surface area contributed by atoms with Crippen molar-refractivity contribution in [2.75, 3.05) is 0 Å². The lowest BCUT2D eigenvalue weighted by Crippen LogP contribution is -2.30. The van der Waals surface area contributed by atoms with Crippen molar-refractivity contribution < 1.29 is 10.0 Å². The van der Waals surface area contributed by atoms with Crippen molar-refractivity contribution in [1.82, 2.24) is 5.32 Å². The average Bonchev–Trinajstić information content (AvgIpc) is 2.28. The van der Waals surface area contributed by atoms with E-state index in [4.69, 9.17) is 10.9 Å². The number of benzene rings is 1. The Morgan fingerprint density at radius 2 is 2.35 bits per heavy atom. The quantitative estimate of drug-likeness (QED) is 0.343. The highest BCUT2D eigenvalue weighted by Crippen LogP contribution is 2.17. The lowest BCUT2D eigenvalue weighted by molar-refractivity contribution is -0.120. The first-order chi connectivity index (χ1) is 8.02. The Balaban J connectivity index is 2.60. The maximum Gasteiger partial charge on any atom is 0.228 e. The zero-order valence-electron chi connectivity index (χ0n) is 9.35. The molecule has 0 aliphatic carbocycles. The van der Waals surface area contributed by atoms with Gasteiger partial charge >= 0.3 is 0 Å². The van der Waals surface area contributed by atoms with E-state index in [0.717, 1.165) is 10.0 Å². The highest BCUT2D eigenvalue weighted by Gasteiger charge is 2.11. The van der Waals surface area contributed by atoms with E-state index in [1.165, 1.54) is 0 Å². The van der Waals surface area contributed by atoms with Crippen LogP contribution in [0.15, 0.2) is 33.9 Å². The Morgan fingerprint density at radius 1 is 1.65 bits per heavy atom. The van der Waals surface area contributed by atoms with Crippen molar-refractivity contribution in [1.29, 1.82) is 0 Å².